The minimum Gasteiger partial charge on any atom is -0.385 e. The number of benzene rings is 2. The summed E-state index contributed by atoms with van der Waals surface area (Å²) in [5, 5.41) is 11.2. The number of likely N-dealkylation sites (tertiary alicyclic amines) is 1. The molecule has 0 saturated carbocycles. The summed E-state index contributed by atoms with van der Waals surface area (Å²) in [6.07, 6.45) is -2.86. The van der Waals surface area contributed by atoms with E-state index in [0.717, 1.165) is 18.6 Å². The summed E-state index contributed by atoms with van der Waals surface area (Å²) in [5.74, 6) is -1.15. The molecule has 3 aliphatic rings. The number of imide groups is 1. The Labute approximate surface area is 230 Å². The van der Waals surface area contributed by atoms with Crippen LogP contribution in [0, 0.1) is 5.92 Å². The summed E-state index contributed by atoms with van der Waals surface area (Å²) in [5.41, 5.74) is -0.727. The molecule has 40 heavy (non-hydrogen) atoms. The molecule has 1 atom stereocenters. The van der Waals surface area contributed by atoms with Gasteiger partial charge in [-0.1, -0.05) is 18.2 Å². The predicted octanol–water partition coefficient (Wildman–Crippen LogP) is 3.67. The fraction of sp³-hybridized carbons (Fsp3) is 0.483. The number of carbonyl (C=O) groups excluding carboxylic acids is 3. The van der Waals surface area contributed by atoms with Crippen molar-refractivity contribution in [2.75, 3.05) is 51.3 Å². The molecule has 5 rings (SSSR count). The summed E-state index contributed by atoms with van der Waals surface area (Å²) >= 11 is 0. The number of piperidine rings is 2. The molecule has 1 unspecified atom stereocenters. The zero-order valence-electron chi connectivity index (χ0n) is 22.2. The number of ether oxygens (including phenoxy) is 1. The number of amides is 3. The fourth-order valence-electron chi connectivity index (χ4n) is 5.99. The van der Waals surface area contributed by atoms with Crippen molar-refractivity contribution in [3.63, 3.8) is 0 Å². The summed E-state index contributed by atoms with van der Waals surface area (Å²) in [6, 6.07) is 9.92. The van der Waals surface area contributed by atoms with E-state index in [1.165, 1.54) is 24.1 Å². The molecule has 2 fully saturated rings. The number of halogens is 3. The first kappa shape index (κ1) is 28.1. The highest BCUT2D eigenvalue weighted by Gasteiger charge is 2.41. The second-order valence-corrected chi connectivity index (χ2v) is 10.7. The second kappa shape index (κ2) is 10.9. The second-order valence-electron chi connectivity index (χ2n) is 10.7. The predicted molar refractivity (Wildman–Crippen MR) is 140 cm³/mol. The normalized spacial score (nSPS) is 21.1. The van der Waals surface area contributed by atoms with E-state index in [2.05, 4.69) is 0 Å². The lowest BCUT2D eigenvalue weighted by atomic mass is 9.83. The van der Waals surface area contributed by atoms with Crippen LogP contribution in [-0.4, -0.2) is 79.1 Å². The molecule has 11 heteroatoms. The Bertz CT molecular complexity index is 1310. The largest absolute Gasteiger partial charge is 0.416 e. The molecular formula is C29H32F3N3O5. The highest BCUT2D eigenvalue weighted by Crippen LogP contribution is 2.38. The molecule has 214 valence electrons. The van der Waals surface area contributed by atoms with Gasteiger partial charge in [-0.05, 0) is 55.5 Å². The number of hydrogen-bond donors (Lipinski definition) is 1. The maximum atomic E-state index is 13.5. The zero-order valence-corrected chi connectivity index (χ0v) is 22.2. The van der Waals surface area contributed by atoms with Crippen molar-refractivity contribution in [1.82, 2.24) is 9.80 Å². The number of rotatable bonds is 6. The van der Waals surface area contributed by atoms with E-state index in [1.54, 1.807) is 23.1 Å². The molecule has 0 aliphatic carbocycles. The number of aliphatic hydroxyl groups is 1. The van der Waals surface area contributed by atoms with Gasteiger partial charge >= 0.3 is 6.18 Å². The molecule has 3 heterocycles. The van der Waals surface area contributed by atoms with Crippen LogP contribution in [-0.2, 0) is 21.3 Å². The van der Waals surface area contributed by atoms with Crippen LogP contribution in [0.5, 0.6) is 0 Å². The average Bonchev–Trinajstić information content (AvgIpc) is 3.20. The van der Waals surface area contributed by atoms with Crippen molar-refractivity contribution in [2.45, 2.75) is 37.5 Å². The smallest absolute Gasteiger partial charge is 0.385 e. The van der Waals surface area contributed by atoms with Crippen LogP contribution in [0.3, 0.4) is 0 Å². The van der Waals surface area contributed by atoms with Gasteiger partial charge in [0.1, 0.15) is 0 Å². The summed E-state index contributed by atoms with van der Waals surface area (Å²) in [6.45, 7) is 1.86. The van der Waals surface area contributed by atoms with Gasteiger partial charge in [-0.25, -0.2) is 0 Å². The first-order valence-corrected chi connectivity index (χ1v) is 13.5. The van der Waals surface area contributed by atoms with Crippen molar-refractivity contribution in [3.8, 4) is 0 Å². The third-order valence-corrected chi connectivity index (χ3v) is 8.24. The highest BCUT2D eigenvalue weighted by molar-refractivity contribution is 6.23. The molecule has 2 aromatic carbocycles. The zero-order chi connectivity index (χ0) is 28.7. The van der Waals surface area contributed by atoms with E-state index in [-0.39, 0.29) is 68.3 Å². The van der Waals surface area contributed by atoms with E-state index in [1.807, 2.05) is 4.90 Å². The number of fused-ring (bicyclic) bond motifs is 1. The molecule has 0 aromatic heterocycles. The Hall–Kier alpha value is -3.44. The van der Waals surface area contributed by atoms with Crippen molar-refractivity contribution in [1.29, 1.82) is 0 Å². The summed E-state index contributed by atoms with van der Waals surface area (Å²) in [7, 11) is 1.50. The van der Waals surface area contributed by atoms with Gasteiger partial charge in [0.2, 0.25) is 5.91 Å². The average molecular weight is 560 g/mol. The molecule has 0 bridgehead atoms. The third kappa shape index (κ3) is 5.19. The molecule has 3 aliphatic heterocycles. The number of hydrogen-bond acceptors (Lipinski definition) is 6. The van der Waals surface area contributed by atoms with Crippen molar-refractivity contribution < 1.29 is 37.4 Å². The van der Waals surface area contributed by atoms with E-state index in [0.29, 0.717) is 36.3 Å². The number of alkyl halides is 3. The monoisotopic (exact) mass is 559 g/mol. The quantitative estimate of drug-likeness (QED) is 0.544. The van der Waals surface area contributed by atoms with Crippen molar-refractivity contribution >= 4 is 23.4 Å². The Morgan fingerprint density at radius 2 is 1.80 bits per heavy atom. The van der Waals surface area contributed by atoms with Crippen molar-refractivity contribution in [3.05, 3.63) is 64.7 Å². The standard InChI is InChI=1S/C29H32F3N3O5/c1-40-16-15-35-26(37)22-8-3-9-23(24(22)27(35)38)34-12-4-5-19(18-34)25(36)33-13-10-28(39,11-14-33)20-6-2-7-21(17-20)29(30,31)32/h2-3,6-9,17,19,39H,4-5,10-16,18H2,1H3. The summed E-state index contributed by atoms with van der Waals surface area (Å²) < 4.78 is 44.6. The minimum atomic E-state index is -4.51. The number of nitrogens with zero attached hydrogens (tertiary/aromatic N) is 3. The van der Waals surface area contributed by atoms with Crippen LogP contribution in [0.15, 0.2) is 42.5 Å². The van der Waals surface area contributed by atoms with E-state index in [4.69, 9.17) is 4.74 Å². The minimum absolute atomic E-state index is 0.0764. The van der Waals surface area contributed by atoms with Crippen LogP contribution in [0.2, 0.25) is 0 Å². The SMILES string of the molecule is COCCN1C(=O)c2cccc(N3CCCC(C(=O)N4CCC(O)(c5cccc(C(F)(F)F)c5)CC4)C3)c2C1=O. The number of carbonyl (C=O) groups is 3. The Morgan fingerprint density at radius 3 is 2.50 bits per heavy atom. The molecule has 1 N–H and O–H groups in total. The topological polar surface area (TPSA) is 90.4 Å². The molecule has 0 radical (unpaired) electrons. The summed E-state index contributed by atoms with van der Waals surface area (Å²) in [4.78, 5) is 44.4. The van der Waals surface area contributed by atoms with Crippen LogP contribution in [0.25, 0.3) is 0 Å². The Balaban J connectivity index is 1.27. The number of methoxy groups -OCH3 is 1. The maximum Gasteiger partial charge on any atom is 0.416 e. The lowest BCUT2D eigenvalue weighted by Crippen LogP contribution is -2.50. The van der Waals surface area contributed by atoms with Gasteiger partial charge < -0.3 is 19.6 Å². The van der Waals surface area contributed by atoms with Gasteiger partial charge in [0.05, 0.1) is 47.0 Å². The molecule has 2 saturated heterocycles. The fourth-order valence-corrected chi connectivity index (χ4v) is 5.99. The van der Waals surface area contributed by atoms with Gasteiger partial charge in [0, 0.05) is 33.3 Å². The van der Waals surface area contributed by atoms with E-state index < -0.39 is 17.3 Å². The molecule has 3 amide bonds. The van der Waals surface area contributed by atoms with Gasteiger partial charge in [0.15, 0.2) is 0 Å². The van der Waals surface area contributed by atoms with Crippen LogP contribution < -0.4 is 4.90 Å². The highest BCUT2D eigenvalue weighted by atomic mass is 19.4. The number of anilines is 1. The third-order valence-electron chi connectivity index (χ3n) is 8.24. The van der Waals surface area contributed by atoms with Gasteiger partial charge in [-0.15, -0.1) is 0 Å². The first-order valence-electron chi connectivity index (χ1n) is 13.5. The Kier molecular flexibility index (Phi) is 7.62. The lowest BCUT2D eigenvalue weighted by Gasteiger charge is -2.41. The van der Waals surface area contributed by atoms with Gasteiger partial charge in [-0.2, -0.15) is 13.2 Å². The van der Waals surface area contributed by atoms with Gasteiger partial charge in [-0.3, -0.25) is 19.3 Å². The van der Waals surface area contributed by atoms with E-state index in [9.17, 15) is 32.7 Å². The first-order chi connectivity index (χ1) is 19.0. The Morgan fingerprint density at radius 1 is 1.07 bits per heavy atom. The van der Waals surface area contributed by atoms with Crippen LogP contribution >= 0.6 is 0 Å². The van der Waals surface area contributed by atoms with E-state index >= 15 is 0 Å². The van der Waals surface area contributed by atoms with Crippen molar-refractivity contribution in [2.24, 2.45) is 5.92 Å². The molecule has 8 nitrogen and oxygen atoms in total. The lowest BCUT2D eigenvalue weighted by molar-refractivity contribution is -0.140. The van der Waals surface area contributed by atoms with Gasteiger partial charge in [0.25, 0.3) is 11.8 Å². The molecule has 0 spiro atoms. The van der Waals surface area contributed by atoms with Crippen LogP contribution in [0.4, 0.5) is 18.9 Å². The molecular weight excluding hydrogens is 527 g/mol. The maximum absolute atomic E-state index is 13.5. The van der Waals surface area contributed by atoms with Crippen LogP contribution in [0.1, 0.15) is 57.5 Å². The molecule has 2 aromatic rings.